The first kappa shape index (κ1) is 21.8. The minimum Gasteiger partial charge on any atom is -0.463 e. The third-order valence-electron chi connectivity index (χ3n) is 3.86. The van der Waals surface area contributed by atoms with Gasteiger partial charge < -0.3 is 23.7 Å². The number of rotatable bonds is 6. The summed E-state index contributed by atoms with van der Waals surface area (Å²) < 4.78 is 27.1. The number of ether oxygens (including phenoxy) is 5. The fourth-order valence-corrected chi connectivity index (χ4v) is 3.62. The SMILES string of the molecule is CC(=O)OC[C@H]1O[C@@H](c2ccsc2)[C@H](OC(C)=O)[C@@H](OC(C)=O)[C@@H]1OC(C)=O. The van der Waals surface area contributed by atoms with Gasteiger partial charge in [-0.15, -0.1) is 0 Å². The molecule has 9 nitrogen and oxygen atoms in total. The topological polar surface area (TPSA) is 114 Å². The highest BCUT2D eigenvalue weighted by atomic mass is 32.1. The van der Waals surface area contributed by atoms with E-state index in [2.05, 4.69) is 0 Å². The second-order valence-corrected chi connectivity index (χ2v) is 6.96. The van der Waals surface area contributed by atoms with Gasteiger partial charge >= 0.3 is 23.9 Å². The van der Waals surface area contributed by atoms with Crippen molar-refractivity contribution in [1.29, 1.82) is 0 Å². The summed E-state index contributed by atoms with van der Waals surface area (Å²) in [5.74, 6) is -2.49. The largest absolute Gasteiger partial charge is 0.463 e. The molecule has 1 aromatic rings. The Morgan fingerprint density at radius 3 is 1.96 bits per heavy atom. The van der Waals surface area contributed by atoms with Crippen LogP contribution in [0.25, 0.3) is 0 Å². The molecule has 1 aliphatic heterocycles. The third kappa shape index (κ3) is 5.77. The van der Waals surface area contributed by atoms with Crippen LogP contribution in [-0.4, -0.2) is 54.9 Å². The lowest BCUT2D eigenvalue weighted by Gasteiger charge is -2.44. The minimum atomic E-state index is -1.15. The first-order chi connectivity index (χ1) is 13.2. The molecule has 28 heavy (non-hydrogen) atoms. The number of carbonyl (C=O) groups is 4. The maximum atomic E-state index is 11.7. The molecule has 2 heterocycles. The summed E-state index contributed by atoms with van der Waals surface area (Å²) in [6.45, 7) is 4.57. The van der Waals surface area contributed by atoms with Crippen LogP contribution in [0.4, 0.5) is 0 Å². The van der Waals surface area contributed by atoms with E-state index >= 15 is 0 Å². The predicted molar refractivity (Wildman–Crippen MR) is 95.2 cm³/mol. The van der Waals surface area contributed by atoms with Crippen LogP contribution in [0.15, 0.2) is 16.8 Å². The Kier molecular flexibility index (Phi) is 7.53. The Bertz CT molecular complexity index is 715. The summed E-state index contributed by atoms with van der Waals surface area (Å²) in [5.41, 5.74) is 0.683. The number of hydrogen-bond acceptors (Lipinski definition) is 10. The molecule has 2 rings (SSSR count). The summed E-state index contributed by atoms with van der Waals surface area (Å²) >= 11 is 1.40. The van der Waals surface area contributed by atoms with Gasteiger partial charge in [-0.05, 0) is 22.4 Å². The van der Waals surface area contributed by atoms with Crippen LogP contribution in [0.1, 0.15) is 39.4 Å². The van der Waals surface area contributed by atoms with Crippen molar-refractivity contribution in [3.05, 3.63) is 22.4 Å². The summed E-state index contributed by atoms with van der Waals surface area (Å²) in [6, 6.07) is 1.77. The van der Waals surface area contributed by atoms with E-state index in [1.54, 1.807) is 11.4 Å². The highest BCUT2D eigenvalue weighted by molar-refractivity contribution is 7.07. The van der Waals surface area contributed by atoms with Gasteiger partial charge in [0.15, 0.2) is 18.3 Å². The van der Waals surface area contributed by atoms with Crippen molar-refractivity contribution < 1.29 is 42.9 Å². The molecule has 0 radical (unpaired) electrons. The fraction of sp³-hybridized carbons (Fsp3) is 0.556. The van der Waals surface area contributed by atoms with Crippen molar-refractivity contribution in [3.8, 4) is 0 Å². The monoisotopic (exact) mass is 414 g/mol. The van der Waals surface area contributed by atoms with Crippen molar-refractivity contribution in [2.45, 2.75) is 58.2 Å². The Morgan fingerprint density at radius 2 is 1.46 bits per heavy atom. The lowest BCUT2D eigenvalue weighted by Crippen LogP contribution is -2.59. The number of thiophene rings is 1. The molecule has 0 unspecified atom stereocenters. The van der Waals surface area contributed by atoms with E-state index in [1.807, 2.05) is 5.38 Å². The smallest absolute Gasteiger partial charge is 0.303 e. The molecule has 1 aromatic heterocycles. The highest BCUT2D eigenvalue weighted by Gasteiger charge is 2.52. The Balaban J connectivity index is 2.45. The Morgan fingerprint density at radius 1 is 0.893 bits per heavy atom. The van der Waals surface area contributed by atoms with Gasteiger partial charge in [0, 0.05) is 27.7 Å². The van der Waals surface area contributed by atoms with E-state index in [-0.39, 0.29) is 6.61 Å². The first-order valence-electron chi connectivity index (χ1n) is 8.51. The van der Waals surface area contributed by atoms with Gasteiger partial charge in [0.05, 0.1) is 0 Å². The van der Waals surface area contributed by atoms with Crippen molar-refractivity contribution in [1.82, 2.24) is 0 Å². The molecule has 1 aliphatic rings. The highest BCUT2D eigenvalue weighted by Crippen LogP contribution is 2.38. The molecule has 0 amide bonds. The molecule has 10 heteroatoms. The van der Waals surface area contributed by atoms with Crippen molar-refractivity contribution in [2.24, 2.45) is 0 Å². The zero-order chi connectivity index (χ0) is 20.8. The molecule has 0 aliphatic carbocycles. The Hall–Kier alpha value is -2.46. The zero-order valence-electron chi connectivity index (χ0n) is 15.9. The molecular formula is C18H22O9S. The molecular weight excluding hydrogens is 392 g/mol. The van der Waals surface area contributed by atoms with E-state index in [1.165, 1.54) is 39.0 Å². The molecule has 1 saturated heterocycles. The summed E-state index contributed by atoms with van der Waals surface area (Å²) in [6.07, 6.45) is -5.10. The maximum Gasteiger partial charge on any atom is 0.303 e. The predicted octanol–water partition coefficient (Wildman–Crippen LogP) is 1.55. The summed E-state index contributed by atoms with van der Waals surface area (Å²) in [5, 5.41) is 3.60. The number of hydrogen-bond donors (Lipinski definition) is 0. The minimum absolute atomic E-state index is 0.238. The third-order valence-corrected chi connectivity index (χ3v) is 4.56. The molecule has 0 aromatic carbocycles. The number of esters is 4. The van der Waals surface area contributed by atoms with Crippen LogP contribution in [-0.2, 0) is 42.9 Å². The first-order valence-corrected chi connectivity index (χ1v) is 9.46. The van der Waals surface area contributed by atoms with Crippen LogP contribution in [0.3, 0.4) is 0 Å². The van der Waals surface area contributed by atoms with Gasteiger partial charge in [0.1, 0.15) is 18.8 Å². The Labute approximate surface area is 165 Å². The van der Waals surface area contributed by atoms with Gasteiger partial charge in [-0.2, -0.15) is 11.3 Å². The van der Waals surface area contributed by atoms with Gasteiger partial charge in [-0.1, -0.05) is 0 Å². The lowest BCUT2D eigenvalue weighted by atomic mass is 9.91. The fourth-order valence-electron chi connectivity index (χ4n) is 2.93. The van der Waals surface area contributed by atoms with Crippen molar-refractivity contribution >= 4 is 35.2 Å². The van der Waals surface area contributed by atoms with Crippen LogP contribution < -0.4 is 0 Å². The average molecular weight is 414 g/mol. The number of carbonyl (C=O) groups excluding carboxylic acids is 4. The van der Waals surface area contributed by atoms with Crippen molar-refractivity contribution in [2.75, 3.05) is 6.61 Å². The maximum absolute atomic E-state index is 11.7. The van der Waals surface area contributed by atoms with Gasteiger partial charge in [0.2, 0.25) is 0 Å². The zero-order valence-corrected chi connectivity index (χ0v) is 16.7. The summed E-state index contributed by atoms with van der Waals surface area (Å²) in [7, 11) is 0. The van der Waals surface area contributed by atoms with Gasteiger partial charge in [0.25, 0.3) is 0 Å². The van der Waals surface area contributed by atoms with E-state index in [0.717, 1.165) is 0 Å². The molecule has 1 fully saturated rings. The second-order valence-electron chi connectivity index (χ2n) is 6.18. The molecule has 0 saturated carbocycles. The molecule has 0 N–H and O–H groups in total. The standard InChI is InChI=1S/C18H22O9S/c1-9(19)23-7-14-16(24-10(2)20)18(26-12(4)22)17(25-11(3)21)15(27-14)13-5-6-28-8-13/h5-6,8,14-18H,7H2,1-4H3/t14-,15+,16-,17+,18+/m1/s1. The van der Waals surface area contributed by atoms with Crippen LogP contribution in [0.2, 0.25) is 0 Å². The van der Waals surface area contributed by atoms with E-state index < -0.39 is 54.4 Å². The van der Waals surface area contributed by atoms with Crippen LogP contribution >= 0.6 is 11.3 Å². The second kappa shape index (κ2) is 9.65. The van der Waals surface area contributed by atoms with Crippen molar-refractivity contribution in [3.63, 3.8) is 0 Å². The quantitative estimate of drug-likeness (QED) is 0.505. The van der Waals surface area contributed by atoms with E-state index in [4.69, 9.17) is 23.7 Å². The molecule has 0 bridgehead atoms. The van der Waals surface area contributed by atoms with Crippen LogP contribution in [0, 0.1) is 0 Å². The van der Waals surface area contributed by atoms with Crippen LogP contribution in [0.5, 0.6) is 0 Å². The molecule has 154 valence electrons. The normalized spacial score (nSPS) is 26.8. The summed E-state index contributed by atoms with van der Waals surface area (Å²) in [4.78, 5) is 46.3. The lowest BCUT2D eigenvalue weighted by molar-refractivity contribution is -0.254. The molecule has 5 atom stereocenters. The molecule has 0 spiro atoms. The van der Waals surface area contributed by atoms with Gasteiger partial charge in [-0.25, -0.2) is 0 Å². The average Bonchev–Trinajstić information content (AvgIpc) is 3.09. The van der Waals surface area contributed by atoms with Gasteiger partial charge in [-0.3, -0.25) is 19.2 Å². The van der Waals surface area contributed by atoms with E-state index in [0.29, 0.717) is 5.56 Å². The van der Waals surface area contributed by atoms with E-state index in [9.17, 15) is 19.2 Å².